The normalized spacial score (nSPS) is 13.9. The summed E-state index contributed by atoms with van der Waals surface area (Å²) in [5.41, 5.74) is -1.59. The van der Waals surface area contributed by atoms with E-state index in [4.69, 9.17) is 11.6 Å². The van der Waals surface area contributed by atoms with E-state index in [-0.39, 0.29) is 17.0 Å². The van der Waals surface area contributed by atoms with Crippen LogP contribution in [0.25, 0.3) is 0 Å². The summed E-state index contributed by atoms with van der Waals surface area (Å²) < 4.78 is 38.8. The standard InChI is InChI=1S/C15H19ClF3NO/c1-14(2,3)12(8-9-16)20-13(21)10-6-4-5-7-11(10)15(17,18)19/h4-7,12H,8-9H2,1-3H3,(H,20,21). The number of carbonyl (C=O) groups excluding carboxylic acids is 1. The summed E-state index contributed by atoms with van der Waals surface area (Å²) in [5.74, 6) is -0.406. The molecule has 1 unspecified atom stereocenters. The third-order valence-electron chi connectivity index (χ3n) is 3.23. The average molecular weight is 322 g/mol. The van der Waals surface area contributed by atoms with Crippen LogP contribution in [-0.4, -0.2) is 17.8 Å². The van der Waals surface area contributed by atoms with Gasteiger partial charge in [0.05, 0.1) is 11.1 Å². The second-order valence-corrected chi connectivity index (χ2v) is 6.29. The van der Waals surface area contributed by atoms with Crippen molar-refractivity contribution in [3.05, 3.63) is 35.4 Å². The molecule has 0 saturated heterocycles. The Bertz CT molecular complexity index is 494. The first-order chi connectivity index (χ1) is 9.57. The highest BCUT2D eigenvalue weighted by Crippen LogP contribution is 2.32. The summed E-state index contributed by atoms with van der Waals surface area (Å²) in [4.78, 5) is 12.2. The topological polar surface area (TPSA) is 29.1 Å². The summed E-state index contributed by atoms with van der Waals surface area (Å²) in [6.07, 6.45) is -4.07. The van der Waals surface area contributed by atoms with Crippen molar-refractivity contribution in [1.82, 2.24) is 5.32 Å². The number of carbonyl (C=O) groups is 1. The first-order valence-electron chi connectivity index (χ1n) is 6.60. The summed E-state index contributed by atoms with van der Waals surface area (Å²) in [6, 6.07) is 4.46. The number of nitrogens with one attached hydrogen (secondary N) is 1. The van der Waals surface area contributed by atoms with E-state index in [1.165, 1.54) is 18.2 Å². The number of halogens is 4. The van der Waals surface area contributed by atoms with Crippen LogP contribution in [0.4, 0.5) is 13.2 Å². The van der Waals surface area contributed by atoms with Crippen LogP contribution in [0, 0.1) is 5.41 Å². The fourth-order valence-corrected chi connectivity index (χ4v) is 2.21. The number of hydrogen-bond acceptors (Lipinski definition) is 1. The van der Waals surface area contributed by atoms with E-state index < -0.39 is 17.6 Å². The Labute approximate surface area is 127 Å². The monoisotopic (exact) mass is 321 g/mol. The minimum atomic E-state index is -4.56. The largest absolute Gasteiger partial charge is 0.417 e. The van der Waals surface area contributed by atoms with Crippen LogP contribution in [0.15, 0.2) is 24.3 Å². The van der Waals surface area contributed by atoms with Gasteiger partial charge < -0.3 is 5.32 Å². The summed E-state index contributed by atoms with van der Waals surface area (Å²) in [7, 11) is 0. The van der Waals surface area contributed by atoms with Crippen molar-refractivity contribution >= 4 is 17.5 Å². The molecule has 0 aromatic heterocycles. The molecule has 0 radical (unpaired) electrons. The minimum absolute atomic E-state index is 0.294. The lowest BCUT2D eigenvalue weighted by Crippen LogP contribution is -2.44. The molecule has 0 saturated carbocycles. The third kappa shape index (κ3) is 4.92. The molecule has 1 rings (SSSR count). The van der Waals surface area contributed by atoms with E-state index in [0.717, 1.165) is 6.07 Å². The Morgan fingerprint density at radius 2 is 1.81 bits per heavy atom. The second kappa shape index (κ2) is 6.69. The second-order valence-electron chi connectivity index (χ2n) is 5.91. The van der Waals surface area contributed by atoms with Gasteiger partial charge in [-0.3, -0.25) is 4.79 Å². The lowest BCUT2D eigenvalue weighted by Gasteiger charge is -2.31. The Kier molecular flexibility index (Phi) is 5.68. The van der Waals surface area contributed by atoms with Gasteiger partial charge in [-0.15, -0.1) is 11.6 Å². The van der Waals surface area contributed by atoms with E-state index in [2.05, 4.69) is 5.32 Å². The van der Waals surface area contributed by atoms with Crippen LogP contribution in [0.1, 0.15) is 43.1 Å². The third-order valence-corrected chi connectivity index (χ3v) is 3.44. The predicted octanol–water partition coefficient (Wildman–Crippen LogP) is 4.48. The zero-order valence-electron chi connectivity index (χ0n) is 12.2. The van der Waals surface area contributed by atoms with Crippen molar-refractivity contribution in [3.63, 3.8) is 0 Å². The predicted molar refractivity (Wildman–Crippen MR) is 77.5 cm³/mol. The zero-order chi connectivity index (χ0) is 16.3. The van der Waals surface area contributed by atoms with Gasteiger partial charge in [-0.25, -0.2) is 0 Å². The number of amides is 1. The van der Waals surface area contributed by atoms with Crippen molar-refractivity contribution in [2.45, 2.75) is 39.4 Å². The first-order valence-corrected chi connectivity index (χ1v) is 7.14. The molecule has 21 heavy (non-hydrogen) atoms. The first kappa shape index (κ1) is 17.8. The van der Waals surface area contributed by atoms with Crippen molar-refractivity contribution in [1.29, 1.82) is 0 Å². The highest BCUT2D eigenvalue weighted by molar-refractivity contribution is 6.17. The Morgan fingerprint density at radius 3 is 2.29 bits per heavy atom. The molecule has 1 atom stereocenters. The van der Waals surface area contributed by atoms with E-state index in [9.17, 15) is 18.0 Å². The van der Waals surface area contributed by atoms with Gasteiger partial charge in [0.1, 0.15) is 0 Å². The van der Waals surface area contributed by atoms with Crippen molar-refractivity contribution in [3.8, 4) is 0 Å². The maximum Gasteiger partial charge on any atom is 0.417 e. The Hall–Kier alpha value is -1.23. The molecule has 1 aromatic rings. The van der Waals surface area contributed by atoms with E-state index >= 15 is 0 Å². The summed E-state index contributed by atoms with van der Waals surface area (Å²) >= 11 is 5.70. The van der Waals surface area contributed by atoms with Crippen LogP contribution in [0.3, 0.4) is 0 Å². The van der Waals surface area contributed by atoms with Crippen molar-refractivity contribution in [2.75, 3.05) is 5.88 Å². The van der Waals surface area contributed by atoms with Gasteiger partial charge in [0.15, 0.2) is 0 Å². The molecule has 0 spiro atoms. The molecule has 0 fully saturated rings. The van der Waals surface area contributed by atoms with Crippen molar-refractivity contribution in [2.24, 2.45) is 5.41 Å². The van der Waals surface area contributed by atoms with Gasteiger partial charge in [-0.1, -0.05) is 32.9 Å². The highest BCUT2D eigenvalue weighted by atomic mass is 35.5. The molecule has 1 amide bonds. The maximum atomic E-state index is 12.9. The smallest absolute Gasteiger partial charge is 0.349 e. The highest BCUT2D eigenvalue weighted by Gasteiger charge is 2.35. The van der Waals surface area contributed by atoms with Crippen LogP contribution in [0.5, 0.6) is 0 Å². The van der Waals surface area contributed by atoms with Crippen LogP contribution < -0.4 is 5.32 Å². The number of hydrogen-bond donors (Lipinski definition) is 1. The molecule has 6 heteroatoms. The molecular formula is C15H19ClF3NO. The van der Waals surface area contributed by atoms with E-state index in [1.54, 1.807) is 0 Å². The van der Waals surface area contributed by atoms with Crippen LogP contribution in [0.2, 0.25) is 0 Å². The van der Waals surface area contributed by atoms with E-state index in [0.29, 0.717) is 12.3 Å². The maximum absolute atomic E-state index is 12.9. The van der Waals surface area contributed by atoms with Gasteiger partial charge in [-0.05, 0) is 24.0 Å². The fourth-order valence-electron chi connectivity index (χ4n) is 2.00. The number of alkyl halides is 4. The Balaban J connectivity index is 3.04. The molecule has 1 N–H and O–H groups in total. The van der Waals surface area contributed by atoms with Gasteiger partial charge >= 0.3 is 6.18 Å². The summed E-state index contributed by atoms with van der Waals surface area (Å²) in [5, 5.41) is 2.66. The zero-order valence-corrected chi connectivity index (χ0v) is 13.0. The molecule has 0 aliphatic rings. The van der Waals surface area contributed by atoms with Crippen LogP contribution >= 0.6 is 11.6 Å². The van der Waals surface area contributed by atoms with Gasteiger partial charge in [0, 0.05) is 11.9 Å². The Morgan fingerprint density at radius 1 is 1.24 bits per heavy atom. The van der Waals surface area contributed by atoms with Gasteiger partial charge in [0.2, 0.25) is 0 Å². The minimum Gasteiger partial charge on any atom is -0.349 e. The van der Waals surface area contributed by atoms with Crippen molar-refractivity contribution < 1.29 is 18.0 Å². The van der Waals surface area contributed by atoms with E-state index in [1.807, 2.05) is 20.8 Å². The lowest BCUT2D eigenvalue weighted by atomic mass is 9.85. The molecular weight excluding hydrogens is 303 g/mol. The number of benzene rings is 1. The number of rotatable bonds is 4. The molecule has 0 bridgehead atoms. The molecule has 0 heterocycles. The summed E-state index contributed by atoms with van der Waals surface area (Å²) in [6.45, 7) is 5.71. The van der Waals surface area contributed by atoms with Gasteiger partial charge in [-0.2, -0.15) is 13.2 Å². The van der Waals surface area contributed by atoms with Crippen LogP contribution in [-0.2, 0) is 6.18 Å². The average Bonchev–Trinajstić information content (AvgIpc) is 2.36. The molecule has 2 nitrogen and oxygen atoms in total. The fraction of sp³-hybridized carbons (Fsp3) is 0.533. The molecule has 0 aliphatic carbocycles. The molecule has 0 aliphatic heterocycles. The SMILES string of the molecule is CC(C)(C)C(CCCl)NC(=O)c1ccccc1C(F)(F)F. The quantitative estimate of drug-likeness (QED) is 0.814. The lowest BCUT2D eigenvalue weighted by molar-refractivity contribution is -0.137. The molecule has 118 valence electrons. The molecule has 1 aromatic carbocycles. The van der Waals surface area contributed by atoms with Gasteiger partial charge in [0.25, 0.3) is 5.91 Å².